The van der Waals surface area contributed by atoms with Crippen LogP contribution < -0.4 is 0 Å². The predicted octanol–water partition coefficient (Wildman–Crippen LogP) is 5.85. The second kappa shape index (κ2) is 8.63. The SMILES string of the molecule is CC.CCC(C)CC(C)c1cc(S)ccc1C. The highest BCUT2D eigenvalue weighted by molar-refractivity contribution is 7.80. The van der Waals surface area contributed by atoms with Gasteiger partial charge in [-0.25, -0.2) is 0 Å². The zero-order chi connectivity index (χ0) is 13.4. The van der Waals surface area contributed by atoms with Crippen LogP contribution in [-0.4, -0.2) is 0 Å². The van der Waals surface area contributed by atoms with E-state index in [1.807, 2.05) is 13.8 Å². The number of thiol groups is 1. The Hall–Kier alpha value is -0.430. The first-order chi connectivity index (χ1) is 8.04. The standard InChI is InChI=1S/C14H22S.C2H6/c1-5-10(2)8-12(4)14-9-13(15)7-6-11(14)3;1-2/h6-7,9-10,12,15H,5,8H2,1-4H3;1-2H3. The van der Waals surface area contributed by atoms with Crippen molar-refractivity contribution < 1.29 is 0 Å². The zero-order valence-corrected chi connectivity index (χ0v) is 13.1. The first-order valence-corrected chi connectivity index (χ1v) is 7.28. The van der Waals surface area contributed by atoms with Crippen LogP contribution in [0.15, 0.2) is 23.1 Å². The lowest BCUT2D eigenvalue weighted by atomic mass is 9.88. The van der Waals surface area contributed by atoms with Crippen LogP contribution in [0.25, 0.3) is 0 Å². The molecular formula is C16H28S. The van der Waals surface area contributed by atoms with Crippen LogP contribution in [-0.2, 0) is 0 Å². The summed E-state index contributed by atoms with van der Waals surface area (Å²) in [6.45, 7) is 13.1. The molecule has 0 aliphatic heterocycles. The van der Waals surface area contributed by atoms with Gasteiger partial charge in [-0.3, -0.25) is 0 Å². The van der Waals surface area contributed by atoms with E-state index in [2.05, 4.69) is 58.5 Å². The lowest BCUT2D eigenvalue weighted by molar-refractivity contribution is 0.470. The number of hydrogen-bond donors (Lipinski definition) is 1. The normalized spacial score (nSPS) is 13.6. The lowest BCUT2D eigenvalue weighted by Gasteiger charge is -2.18. The Morgan fingerprint density at radius 3 is 2.29 bits per heavy atom. The Labute approximate surface area is 113 Å². The van der Waals surface area contributed by atoms with Crippen molar-refractivity contribution in [3.05, 3.63) is 29.3 Å². The summed E-state index contributed by atoms with van der Waals surface area (Å²) in [6.07, 6.45) is 2.54. The van der Waals surface area contributed by atoms with Gasteiger partial charge in [-0.05, 0) is 48.4 Å². The smallest absolute Gasteiger partial charge is 0.00430 e. The zero-order valence-electron chi connectivity index (χ0n) is 12.2. The second-order valence-corrected chi connectivity index (χ2v) is 5.21. The Morgan fingerprint density at radius 1 is 1.18 bits per heavy atom. The molecule has 0 bridgehead atoms. The summed E-state index contributed by atoms with van der Waals surface area (Å²) >= 11 is 4.41. The molecule has 2 atom stereocenters. The van der Waals surface area contributed by atoms with E-state index in [4.69, 9.17) is 0 Å². The number of aryl methyl sites for hydroxylation is 1. The van der Waals surface area contributed by atoms with Crippen LogP contribution in [0.5, 0.6) is 0 Å². The van der Waals surface area contributed by atoms with Crippen LogP contribution in [0, 0.1) is 12.8 Å². The summed E-state index contributed by atoms with van der Waals surface area (Å²) in [5, 5.41) is 0. The second-order valence-electron chi connectivity index (χ2n) is 4.69. The largest absolute Gasteiger partial charge is 0.143 e. The van der Waals surface area contributed by atoms with Gasteiger partial charge in [-0.1, -0.05) is 47.1 Å². The maximum absolute atomic E-state index is 4.41. The molecule has 0 aliphatic rings. The van der Waals surface area contributed by atoms with Crippen molar-refractivity contribution in [3.63, 3.8) is 0 Å². The molecule has 0 N–H and O–H groups in total. The molecule has 0 fully saturated rings. The van der Waals surface area contributed by atoms with Gasteiger partial charge in [0.25, 0.3) is 0 Å². The minimum absolute atomic E-state index is 0.645. The molecule has 98 valence electrons. The van der Waals surface area contributed by atoms with Gasteiger partial charge in [0.1, 0.15) is 0 Å². The molecule has 1 aromatic carbocycles. The minimum Gasteiger partial charge on any atom is -0.143 e. The van der Waals surface area contributed by atoms with E-state index in [0.717, 1.165) is 10.8 Å². The number of benzene rings is 1. The fourth-order valence-electron chi connectivity index (χ4n) is 2.06. The van der Waals surface area contributed by atoms with Gasteiger partial charge in [0.15, 0.2) is 0 Å². The quantitative estimate of drug-likeness (QED) is 0.638. The third-order valence-electron chi connectivity index (χ3n) is 3.25. The van der Waals surface area contributed by atoms with E-state index in [1.165, 1.54) is 24.0 Å². The van der Waals surface area contributed by atoms with Crippen molar-refractivity contribution >= 4 is 12.6 Å². The fraction of sp³-hybridized carbons (Fsp3) is 0.625. The van der Waals surface area contributed by atoms with Crippen LogP contribution in [0.2, 0.25) is 0 Å². The molecule has 0 saturated heterocycles. The summed E-state index contributed by atoms with van der Waals surface area (Å²) in [6, 6.07) is 6.45. The average molecular weight is 252 g/mol. The summed E-state index contributed by atoms with van der Waals surface area (Å²) < 4.78 is 0. The Bertz CT molecular complexity index is 317. The molecule has 1 rings (SSSR count). The Kier molecular flexibility index (Phi) is 8.41. The lowest BCUT2D eigenvalue weighted by Crippen LogP contribution is -2.02. The van der Waals surface area contributed by atoms with E-state index in [9.17, 15) is 0 Å². The minimum atomic E-state index is 0.645. The summed E-state index contributed by atoms with van der Waals surface area (Å²) in [7, 11) is 0. The van der Waals surface area contributed by atoms with Crippen LogP contribution in [0.4, 0.5) is 0 Å². The molecule has 0 aliphatic carbocycles. The van der Waals surface area contributed by atoms with Gasteiger partial charge in [0, 0.05) is 4.90 Å². The maximum atomic E-state index is 4.41. The predicted molar refractivity (Wildman–Crippen MR) is 82.3 cm³/mol. The van der Waals surface area contributed by atoms with Crippen molar-refractivity contribution in [2.24, 2.45) is 5.92 Å². The summed E-state index contributed by atoms with van der Waals surface area (Å²) in [4.78, 5) is 1.08. The van der Waals surface area contributed by atoms with Gasteiger partial charge in [-0.15, -0.1) is 12.6 Å². The van der Waals surface area contributed by atoms with E-state index < -0.39 is 0 Å². The molecular weight excluding hydrogens is 224 g/mol. The molecule has 0 aromatic heterocycles. The molecule has 0 heterocycles. The van der Waals surface area contributed by atoms with Crippen LogP contribution in [0.1, 0.15) is 64.5 Å². The van der Waals surface area contributed by atoms with Gasteiger partial charge in [0.05, 0.1) is 0 Å². The Balaban J connectivity index is 0.00000121. The monoisotopic (exact) mass is 252 g/mol. The van der Waals surface area contributed by atoms with E-state index >= 15 is 0 Å². The van der Waals surface area contributed by atoms with Crippen molar-refractivity contribution in [3.8, 4) is 0 Å². The molecule has 17 heavy (non-hydrogen) atoms. The molecule has 0 nitrogen and oxygen atoms in total. The molecule has 0 spiro atoms. The van der Waals surface area contributed by atoms with Gasteiger partial charge >= 0.3 is 0 Å². The number of hydrogen-bond acceptors (Lipinski definition) is 1. The molecule has 2 unspecified atom stereocenters. The van der Waals surface area contributed by atoms with Crippen molar-refractivity contribution in [1.29, 1.82) is 0 Å². The summed E-state index contributed by atoms with van der Waals surface area (Å²) in [5.74, 6) is 1.45. The van der Waals surface area contributed by atoms with E-state index in [1.54, 1.807) is 0 Å². The van der Waals surface area contributed by atoms with Crippen LogP contribution >= 0.6 is 12.6 Å². The average Bonchev–Trinajstić information content (AvgIpc) is 2.34. The summed E-state index contributed by atoms with van der Waals surface area (Å²) in [5.41, 5.74) is 2.85. The van der Waals surface area contributed by atoms with Gasteiger partial charge in [0.2, 0.25) is 0 Å². The maximum Gasteiger partial charge on any atom is 0.00430 e. The molecule has 0 amide bonds. The van der Waals surface area contributed by atoms with Crippen molar-refractivity contribution in [2.45, 2.75) is 65.2 Å². The highest BCUT2D eigenvalue weighted by Gasteiger charge is 2.11. The van der Waals surface area contributed by atoms with E-state index in [-0.39, 0.29) is 0 Å². The Morgan fingerprint density at radius 2 is 1.76 bits per heavy atom. The first kappa shape index (κ1) is 16.6. The van der Waals surface area contributed by atoms with Crippen LogP contribution in [0.3, 0.4) is 0 Å². The van der Waals surface area contributed by atoms with E-state index in [0.29, 0.717) is 5.92 Å². The topological polar surface area (TPSA) is 0 Å². The van der Waals surface area contributed by atoms with Crippen molar-refractivity contribution in [2.75, 3.05) is 0 Å². The molecule has 1 aromatic rings. The third-order valence-corrected chi connectivity index (χ3v) is 3.52. The molecule has 0 saturated carbocycles. The molecule has 1 heteroatoms. The van der Waals surface area contributed by atoms with Gasteiger partial charge < -0.3 is 0 Å². The highest BCUT2D eigenvalue weighted by atomic mass is 32.1. The van der Waals surface area contributed by atoms with Crippen molar-refractivity contribution in [1.82, 2.24) is 0 Å². The molecule has 0 radical (unpaired) electrons. The van der Waals surface area contributed by atoms with Gasteiger partial charge in [-0.2, -0.15) is 0 Å². The fourth-order valence-corrected chi connectivity index (χ4v) is 2.27. The first-order valence-electron chi connectivity index (χ1n) is 6.84. The highest BCUT2D eigenvalue weighted by Crippen LogP contribution is 2.28. The third kappa shape index (κ3) is 5.63. The number of rotatable bonds is 4.